The van der Waals surface area contributed by atoms with E-state index >= 15 is 0 Å². The van der Waals surface area contributed by atoms with Crippen LogP contribution < -0.4 is 5.30 Å². The molecule has 0 radical (unpaired) electrons. The van der Waals surface area contributed by atoms with E-state index in [0.717, 1.165) is 24.6 Å². The van der Waals surface area contributed by atoms with Crippen molar-refractivity contribution in [2.24, 2.45) is 5.41 Å². The fourth-order valence-electron chi connectivity index (χ4n) is 4.24. The lowest BCUT2D eigenvalue weighted by Crippen LogP contribution is -2.33. The summed E-state index contributed by atoms with van der Waals surface area (Å²) in [4.78, 5) is 0. The van der Waals surface area contributed by atoms with Crippen LogP contribution in [0.15, 0.2) is 30.3 Å². The lowest BCUT2D eigenvalue weighted by molar-refractivity contribution is 0.371. The number of hydrogen-bond acceptors (Lipinski definition) is 1. The third-order valence-corrected chi connectivity index (χ3v) is 9.64. The van der Waals surface area contributed by atoms with E-state index in [1.807, 2.05) is 6.07 Å². The maximum atomic E-state index is 14.6. The summed E-state index contributed by atoms with van der Waals surface area (Å²) < 4.78 is 17.0. The highest BCUT2D eigenvalue weighted by Gasteiger charge is 2.35. The maximum absolute atomic E-state index is 14.6. The van der Waals surface area contributed by atoms with Crippen molar-refractivity contribution in [2.45, 2.75) is 112 Å². The zero-order chi connectivity index (χ0) is 22.3. The molecule has 1 unspecified atom stereocenters. The van der Waals surface area contributed by atoms with Crippen molar-refractivity contribution in [3.05, 3.63) is 30.3 Å². The van der Waals surface area contributed by atoms with E-state index in [1.165, 1.54) is 77.0 Å². The second-order valence-corrected chi connectivity index (χ2v) is 13.0. The number of hydrogen-bond donors (Lipinski definition) is 0. The number of rotatable bonds is 17. The average molecular weight is 436 g/mol. The molecule has 0 heterocycles. The van der Waals surface area contributed by atoms with Crippen molar-refractivity contribution in [2.75, 3.05) is 19.3 Å². The van der Waals surface area contributed by atoms with Crippen LogP contribution in [0.5, 0.6) is 0 Å². The first-order chi connectivity index (χ1) is 14.3. The van der Waals surface area contributed by atoms with Gasteiger partial charge in [-0.2, -0.15) is 0 Å². The quantitative estimate of drug-likeness (QED) is 0.180. The molecule has 0 saturated carbocycles. The molecule has 0 amide bonds. The SMILES string of the molecule is CCCCCCCCN(CCCCCCCC)P(=O)(CC(C)(C)C)c1ccccc1. The topological polar surface area (TPSA) is 20.3 Å². The second-order valence-electron chi connectivity index (χ2n) is 10.2. The first kappa shape index (κ1) is 27.4. The Labute approximate surface area is 188 Å². The largest absolute Gasteiger partial charge is 0.301 e. The Hall–Kier alpha value is -0.590. The van der Waals surface area contributed by atoms with Gasteiger partial charge in [0.1, 0.15) is 0 Å². The van der Waals surface area contributed by atoms with Crippen LogP contribution in [0.25, 0.3) is 0 Å². The summed E-state index contributed by atoms with van der Waals surface area (Å²) in [6.07, 6.45) is 16.2. The smallest absolute Gasteiger partial charge is 0.179 e. The molecule has 1 atom stereocenters. The predicted molar refractivity (Wildman–Crippen MR) is 136 cm³/mol. The monoisotopic (exact) mass is 435 g/mol. The van der Waals surface area contributed by atoms with Crippen molar-refractivity contribution < 1.29 is 4.57 Å². The van der Waals surface area contributed by atoms with Crippen LogP contribution in [0.1, 0.15) is 112 Å². The summed E-state index contributed by atoms with van der Waals surface area (Å²) in [5.74, 6) is 0. The minimum absolute atomic E-state index is 0.0475. The minimum Gasteiger partial charge on any atom is -0.301 e. The highest BCUT2D eigenvalue weighted by molar-refractivity contribution is 7.69. The molecule has 174 valence electrons. The molecule has 1 rings (SSSR count). The zero-order valence-electron chi connectivity index (χ0n) is 20.8. The molecule has 0 aliphatic rings. The molecule has 1 aromatic carbocycles. The molecule has 30 heavy (non-hydrogen) atoms. The Kier molecular flexibility index (Phi) is 14.0. The number of nitrogens with zero attached hydrogens (tertiary/aromatic N) is 1. The summed E-state index contributed by atoms with van der Waals surface area (Å²) in [6.45, 7) is 13.2. The summed E-state index contributed by atoms with van der Waals surface area (Å²) in [5, 5.41) is 1.05. The Morgan fingerprint density at radius 1 is 0.700 bits per heavy atom. The number of unbranched alkanes of at least 4 members (excludes halogenated alkanes) is 10. The van der Waals surface area contributed by atoms with Gasteiger partial charge in [0.05, 0.1) is 0 Å². The van der Waals surface area contributed by atoms with E-state index in [2.05, 4.69) is 63.6 Å². The molecular weight excluding hydrogens is 385 g/mol. The van der Waals surface area contributed by atoms with Crippen molar-refractivity contribution >= 4 is 12.6 Å². The summed E-state index contributed by atoms with van der Waals surface area (Å²) in [7, 11) is -2.59. The Bertz CT molecular complexity index is 562. The van der Waals surface area contributed by atoms with E-state index in [-0.39, 0.29) is 5.41 Å². The van der Waals surface area contributed by atoms with Crippen LogP contribution in [0.3, 0.4) is 0 Å². The van der Waals surface area contributed by atoms with Crippen molar-refractivity contribution in [1.29, 1.82) is 0 Å². The fourth-order valence-corrected chi connectivity index (χ4v) is 7.80. The van der Waals surface area contributed by atoms with Gasteiger partial charge in [-0.15, -0.1) is 0 Å². The Balaban J connectivity index is 2.87. The minimum atomic E-state index is -2.59. The van der Waals surface area contributed by atoms with E-state index in [4.69, 9.17) is 0 Å². The highest BCUT2D eigenvalue weighted by Crippen LogP contribution is 2.52. The molecule has 0 N–H and O–H groups in total. The molecule has 2 nitrogen and oxygen atoms in total. The van der Waals surface area contributed by atoms with Gasteiger partial charge < -0.3 is 4.57 Å². The van der Waals surface area contributed by atoms with Crippen LogP contribution in [0.4, 0.5) is 0 Å². The molecule has 0 fully saturated rings. The molecule has 3 heteroatoms. The molecule has 0 aliphatic carbocycles. The van der Waals surface area contributed by atoms with Crippen LogP contribution in [0.2, 0.25) is 0 Å². The van der Waals surface area contributed by atoms with Crippen LogP contribution in [0, 0.1) is 5.41 Å². The van der Waals surface area contributed by atoms with Gasteiger partial charge in [0, 0.05) is 24.6 Å². The van der Waals surface area contributed by atoms with Crippen molar-refractivity contribution in [3.63, 3.8) is 0 Å². The summed E-state index contributed by atoms with van der Waals surface area (Å²) in [5.41, 5.74) is 0.0475. The molecule has 0 saturated heterocycles. The molecular formula is C27H50NOP. The van der Waals surface area contributed by atoms with E-state index in [9.17, 15) is 4.57 Å². The summed E-state index contributed by atoms with van der Waals surface area (Å²) in [6, 6.07) is 10.3. The van der Waals surface area contributed by atoms with Crippen molar-refractivity contribution in [3.8, 4) is 0 Å². The molecule has 0 spiro atoms. The lowest BCUT2D eigenvalue weighted by atomic mass is 10.0. The van der Waals surface area contributed by atoms with Gasteiger partial charge in [-0.3, -0.25) is 0 Å². The van der Waals surface area contributed by atoms with Gasteiger partial charge in [0.2, 0.25) is 0 Å². The highest BCUT2D eigenvalue weighted by atomic mass is 31.2. The average Bonchev–Trinajstić information content (AvgIpc) is 2.70. The van der Waals surface area contributed by atoms with Crippen LogP contribution in [-0.2, 0) is 4.57 Å². The third kappa shape index (κ3) is 11.1. The van der Waals surface area contributed by atoms with Gasteiger partial charge >= 0.3 is 0 Å². The van der Waals surface area contributed by atoms with Crippen LogP contribution in [-0.4, -0.2) is 23.9 Å². The van der Waals surface area contributed by atoms with Gasteiger partial charge in [-0.05, 0) is 18.3 Å². The van der Waals surface area contributed by atoms with E-state index in [1.54, 1.807) is 0 Å². The molecule has 0 aliphatic heterocycles. The standard InChI is InChI=1S/C27H50NOP/c1-6-8-10-12-14-19-23-28(24-20-15-13-11-9-7-2)30(29,25-27(3,4)5)26-21-17-16-18-22-26/h16-18,21-22H,6-15,19-20,23-25H2,1-5H3. The predicted octanol–water partition coefficient (Wildman–Crippen LogP) is 8.66. The van der Waals surface area contributed by atoms with Gasteiger partial charge in [0.15, 0.2) is 7.29 Å². The maximum Gasteiger partial charge on any atom is 0.179 e. The van der Waals surface area contributed by atoms with Gasteiger partial charge in [0.25, 0.3) is 0 Å². The van der Waals surface area contributed by atoms with Gasteiger partial charge in [-0.25, -0.2) is 4.67 Å². The Morgan fingerprint density at radius 3 is 1.57 bits per heavy atom. The number of benzene rings is 1. The van der Waals surface area contributed by atoms with E-state index < -0.39 is 7.29 Å². The molecule has 0 bridgehead atoms. The fraction of sp³-hybridized carbons (Fsp3) is 0.778. The molecule has 0 aromatic heterocycles. The first-order valence-electron chi connectivity index (χ1n) is 12.7. The Morgan fingerprint density at radius 2 is 1.13 bits per heavy atom. The van der Waals surface area contributed by atoms with Crippen molar-refractivity contribution in [1.82, 2.24) is 4.67 Å². The first-order valence-corrected chi connectivity index (χ1v) is 14.6. The van der Waals surface area contributed by atoms with E-state index in [0.29, 0.717) is 0 Å². The van der Waals surface area contributed by atoms with Crippen LogP contribution >= 0.6 is 7.29 Å². The normalized spacial score (nSPS) is 14.2. The summed E-state index contributed by atoms with van der Waals surface area (Å²) >= 11 is 0. The lowest BCUT2D eigenvalue weighted by Gasteiger charge is -2.36. The second kappa shape index (κ2) is 15.3. The molecule has 1 aromatic rings. The zero-order valence-corrected chi connectivity index (χ0v) is 21.7. The van der Waals surface area contributed by atoms with Gasteiger partial charge in [-0.1, -0.05) is 129 Å². The third-order valence-electron chi connectivity index (χ3n) is 5.84.